The van der Waals surface area contributed by atoms with Crippen molar-refractivity contribution in [3.63, 3.8) is 0 Å². The summed E-state index contributed by atoms with van der Waals surface area (Å²) in [6, 6.07) is 5.72. The van der Waals surface area contributed by atoms with Crippen molar-refractivity contribution in [2.24, 2.45) is 0 Å². The van der Waals surface area contributed by atoms with Gasteiger partial charge >= 0.3 is 0 Å². The highest BCUT2D eigenvalue weighted by molar-refractivity contribution is 5.44. The van der Waals surface area contributed by atoms with E-state index in [2.05, 4.69) is 0 Å². The molecule has 0 amide bonds. The van der Waals surface area contributed by atoms with Crippen LogP contribution in [0.15, 0.2) is 18.2 Å². The van der Waals surface area contributed by atoms with Crippen molar-refractivity contribution >= 4 is 0 Å². The van der Waals surface area contributed by atoms with E-state index < -0.39 is 0 Å². The topological polar surface area (TPSA) is 64.2 Å². The smallest absolute Gasteiger partial charge is 0.158 e. The fourth-order valence-electron chi connectivity index (χ4n) is 0.593. The number of benzene rings is 1. The maximum absolute atomic E-state index is 8.83. The maximum atomic E-state index is 8.83. The Bertz CT molecular complexity index is 288. The highest BCUT2D eigenvalue weighted by Gasteiger charge is 1.97. The molecule has 0 saturated carbocycles. The SMILES string of the molecule is [15N]#[13C]c1ccc(O)c(O)c1. The summed E-state index contributed by atoms with van der Waals surface area (Å²) in [5, 5.41) is 25.9. The van der Waals surface area contributed by atoms with Crippen LogP contribution in [0.1, 0.15) is 5.56 Å². The van der Waals surface area contributed by atoms with Gasteiger partial charge in [-0.1, -0.05) is 0 Å². The van der Waals surface area contributed by atoms with Crippen LogP contribution in [0.2, 0.25) is 0 Å². The Kier molecular flexibility index (Phi) is 1.46. The first kappa shape index (κ1) is 6.43. The molecule has 3 heteroatoms. The first-order valence-electron chi connectivity index (χ1n) is 2.66. The van der Waals surface area contributed by atoms with Crippen LogP contribution in [0.4, 0.5) is 0 Å². The van der Waals surface area contributed by atoms with E-state index in [4.69, 9.17) is 15.5 Å². The minimum absolute atomic E-state index is 0.209. The average Bonchev–Trinajstić information content (AvgIpc) is 1.95. The van der Waals surface area contributed by atoms with Crippen molar-refractivity contribution in [2.75, 3.05) is 0 Å². The summed E-state index contributed by atoms with van der Waals surface area (Å²) in [6.45, 7) is 0. The van der Waals surface area contributed by atoms with E-state index in [-0.39, 0.29) is 11.5 Å². The minimum Gasteiger partial charge on any atom is -0.504 e. The summed E-state index contributed by atoms with van der Waals surface area (Å²) in [6.07, 6.45) is 0. The van der Waals surface area contributed by atoms with Gasteiger partial charge in [0, 0.05) is 6.07 Å². The van der Waals surface area contributed by atoms with E-state index in [0.29, 0.717) is 5.56 Å². The van der Waals surface area contributed by atoms with Crippen LogP contribution in [-0.2, 0) is 0 Å². The predicted molar refractivity (Wildman–Crippen MR) is 34.5 cm³/mol. The Balaban J connectivity index is 3.20. The molecule has 0 unspecified atom stereocenters. The molecule has 2 N–H and O–H groups in total. The molecule has 50 valence electrons. The third-order valence-electron chi connectivity index (χ3n) is 1.10. The summed E-state index contributed by atoms with van der Waals surface area (Å²) in [7, 11) is 0. The van der Waals surface area contributed by atoms with E-state index in [0.717, 1.165) is 0 Å². The van der Waals surface area contributed by atoms with Gasteiger partial charge < -0.3 is 10.2 Å². The first-order chi connectivity index (χ1) is 4.74. The maximum Gasteiger partial charge on any atom is 0.158 e. The molecule has 10 heavy (non-hydrogen) atoms. The van der Waals surface area contributed by atoms with Gasteiger partial charge in [0.05, 0.1) is 11.6 Å². The third-order valence-corrected chi connectivity index (χ3v) is 1.10. The Morgan fingerprint density at radius 1 is 1.20 bits per heavy atom. The van der Waals surface area contributed by atoms with Gasteiger partial charge in [0.15, 0.2) is 11.5 Å². The second kappa shape index (κ2) is 2.28. The number of phenolic OH excluding ortho intramolecular Hbond substituents is 2. The molecular weight excluding hydrogens is 132 g/mol. The molecule has 0 fully saturated rings. The standard InChI is InChI=1S/C7H5NO2/c8-4-5-1-2-6(9)7(10)3-5/h1-3,9-10H/i4+1,8+1. The third kappa shape index (κ3) is 1.00. The van der Waals surface area contributed by atoms with Gasteiger partial charge in [-0.3, -0.25) is 0 Å². The van der Waals surface area contributed by atoms with Gasteiger partial charge in [-0.2, -0.15) is 5.26 Å². The van der Waals surface area contributed by atoms with Gasteiger partial charge in [-0.15, -0.1) is 0 Å². The van der Waals surface area contributed by atoms with Gasteiger partial charge in [-0.25, -0.2) is 0 Å². The van der Waals surface area contributed by atoms with Crippen LogP contribution in [0.5, 0.6) is 11.5 Å². The predicted octanol–water partition coefficient (Wildman–Crippen LogP) is 0.969. The number of nitrogens with zero attached hydrogens (tertiary/aromatic N) is 1. The largest absolute Gasteiger partial charge is 0.504 e. The molecule has 0 aromatic heterocycles. The summed E-state index contributed by atoms with van der Waals surface area (Å²) in [5.74, 6) is -0.474. The molecule has 1 rings (SSSR count). The van der Waals surface area contributed by atoms with Crippen molar-refractivity contribution in [2.45, 2.75) is 0 Å². The number of rotatable bonds is 0. The van der Waals surface area contributed by atoms with Crippen LogP contribution in [0, 0.1) is 11.3 Å². The van der Waals surface area contributed by atoms with E-state index in [1.54, 1.807) is 0 Å². The quantitative estimate of drug-likeness (QED) is 0.318. The van der Waals surface area contributed by atoms with Crippen molar-refractivity contribution in [3.05, 3.63) is 23.8 Å². The number of hydrogen-bond acceptors (Lipinski definition) is 3. The molecule has 1 aromatic rings. The molecule has 0 aliphatic rings. The van der Waals surface area contributed by atoms with Crippen molar-refractivity contribution in [3.8, 4) is 17.6 Å². The number of phenols is 2. The molecule has 0 saturated heterocycles. The molecule has 3 nitrogen and oxygen atoms in total. The van der Waals surface area contributed by atoms with Gasteiger partial charge in [0.2, 0.25) is 0 Å². The van der Waals surface area contributed by atoms with Crippen LogP contribution in [0.25, 0.3) is 0 Å². The zero-order valence-corrected chi connectivity index (χ0v) is 5.07. The Morgan fingerprint density at radius 2 is 1.90 bits per heavy atom. The fourth-order valence-corrected chi connectivity index (χ4v) is 0.593. The molecular formula is C7H5NO2. The molecule has 0 atom stereocenters. The molecule has 0 spiro atoms. The summed E-state index contributed by atoms with van der Waals surface area (Å²) in [4.78, 5) is 0. The van der Waals surface area contributed by atoms with Crippen LogP contribution in [0.3, 0.4) is 0 Å². The van der Waals surface area contributed by atoms with E-state index in [9.17, 15) is 0 Å². The van der Waals surface area contributed by atoms with Crippen LogP contribution in [-0.4, -0.2) is 10.2 Å². The second-order valence-corrected chi connectivity index (χ2v) is 1.82. The Hall–Kier alpha value is -1.69. The first-order valence-corrected chi connectivity index (χ1v) is 2.66. The van der Waals surface area contributed by atoms with Crippen LogP contribution >= 0.6 is 0 Å². The lowest BCUT2D eigenvalue weighted by Crippen LogP contribution is -1.72. The molecule has 1 aromatic carbocycles. The van der Waals surface area contributed by atoms with E-state index >= 15 is 0 Å². The zero-order chi connectivity index (χ0) is 7.56. The number of nitriles is 1. The monoisotopic (exact) mass is 137 g/mol. The normalized spacial score (nSPS) is 8.70. The van der Waals surface area contributed by atoms with Crippen molar-refractivity contribution in [1.82, 2.24) is 0 Å². The lowest BCUT2D eigenvalue weighted by molar-refractivity contribution is 0.403. The Labute approximate surface area is 57.8 Å². The minimum atomic E-state index is -0.265. The molecule has 0 aliphatic carbocycles. The average molecular weight is 137 g/mol. The fraction of sp³-hybridized carbons (Fsp3) is 0. The number of aromatic hydroxyl groups is 2. The Morgan fingerprint density at radius 3 is 2.40 bits per heavy atom. The van der Waals surface area contributed by atoms with Crippen molar-refractivity contribution < 1.29 is 10.2 Å². The zero-order valence-electron chi connectivity index (χ0n) is 5.07. The summed E-state index contributed by atoms with van der Waals surface area (Å²) in [5.41, 5.74) is 0.329. The van der Waals surface area contributed by atoms with E-state index in [1.165, 1.54) is 18.2 Å². The van der Waals surface area contributed by atoms with Gasteiger partial charge in [0.1, 0.15) is 0 Å². The van der Waals surface area contributed by atoms with E-state index in [1.807, 2.05) is 6.07 Å². The highest BCUT2D eigenvalue weighted by Crippen LogP contribution is 2.24. The lowest BCUT2D eigenvalue weighted by atomic mass is 10.2. The summed E-state index contributed by atoms with van der Waals surface area (Å²) < 4.78 is 0. The van der Waals surface area contributed by atoms with Gasteiger partial charge in [-0.05, 0) is 12.1 Å². The molecule has 0 bridgehead atoms. The number of hydrogen-bond donors (Lipinski definition) is 2. The molecule has 0 heterocycles. The summed E-state index contributed by atoms with van der Waals surface area (Å²) >= 11 is 0. The van der Waals surface area contributed by atoms with Crippen molar-refractivity contribution in [1.29, 1.82) is 5.26 Å². The highest BCUT2D eigenvalue weighted by atomic mass is 16.3. The van der Waals surface area contributed by atoms with Gasteiger partial charge in [0.25, 0.3) is 0 Å². The lowest BCUT2D eigenvalue weighted by Gasteiger charge is -1.94. The van der Waals surface area contributed by atoms with Crippen LogP contribution < -0.4 is 0 Å². The second-order valence-electron chi connectivity index (χ2n) is 1.82. The molecule has 0 aliphatic heterocycles. The molecule has 0 radical (unpaired) electrons.